The summed E-state index contributed by atoms with van der Waals surface area (Å²) in [4.78, 5) is 17.7. The first kappa shape index (κ1) is 21.7. The Bertz CT molecular complexity index is 1330. The normalized spacial score (nSPS) is 12.3. The molecule has 6 nitrogen and oxygen atoms in total. The summed E-state index contributed by atoms with van der Waals surface area (Å²) >= 11 is 2.30. The van der Waals surface area contributed by atoms with E-state index < -0.39 is 11.2 Å². The molecule has 0 spiro atoms. The molecule has 0 aliphatic heterocycles. The average Bonchev–Trinajstić information content (AvgIpc) is 3.24. The lowest BCUT2D eigenvalue weighted by atomic mass is 9.96. The zero-order chi connectivity index (χ0) is 22.7. The van der Waals surface area contributed by atoms with E-state index in [9.17, 15) is 9.18 Å². The fourth-order valence-electron chi connectivity index (χ4n) is 3.67. The predicted molar refractivity (Wildman–Crippen MR) is 128 cm³/mol. The molecule has 1 aromatic carbocycles. The van der Waals surface area contributed by atoms with Crippen molar-refractivity contribution in [2.45, 2.75) is 40.5 Å². The molecule has 3 aromatic heterocycles. The summed E-state index contributed by atoms with van der Waals surface area (Å²) in [5, 5.41) is 5.08. The number of methoxy groups -OCH3 is 1. The van der Waals surface area contributed by atoms with Gasteiger partial charge in [-0.15, -0.1) is 0 Å². The lowest BCUT2D eigenvalue weighted by Gasteiger charge is -2.16. The first-order chi connectivity index (χ1) is 14.5. The fraction of sp³-hybridized carbons (Fsp3) is 0.348. The molecule has 0 saturated heterocycles. The zero-order valence-electron chi connectivity index (χ0n) is 18.3. The predicted octanol–water partition coefficient (Wildman–Crippen LogP) is 5.94. The molecule has 0 atom stereocenters. The monoisotopic (exact) mass is 534 g/mol. The van der Waals surface area contributed by atoms with Crippen molar-refractivity contribution in [3.8, 4) is 11.4 Å². The van der Waals surface area contributed by atoms with Crippen molar-refractivity contribution in [3.05, 3.63) is 45.5 Å². The molecule has 0 bridgehead atoms. The molecule has 0 unspecified atom stereocenters. The number of rotatable bonds is 3. The van der Waals surface area contributed by atoms with Crippen LogP contribution in [0.2, 0.25) is 0 Å². The van der Waals surface area contributed by atoms with Crippen molar-refractivity contribution in [1.82, 2.24) is 19.3 Å². The molecular weight excluding hydrogens is 510 g/mol. The van der Waals surface area contributed by atoms with Gasteiger partial charge in [0.15, 0.2) is 17.2 Å². The molecule has 0 aliphatic carbocycles. The van der Waals surface area contributed by atoms with Crippen LogP contribution in [0, 0.1) is 14.8 Å². The van der Waals surface area contributed by atoms with Gasteiger partial charge in [0.2, 0.25) is 0 Å². The van der Waals surface area contributed by atoms with Gasteiger partial charge in [0.05, 0.1) is 22.4 Å². The molecule has 31 heavy (non-hydrogen) atoms. The largest absolute Gasteiger partial charge is 0.494 e. The Balaban J connectivity index is 2.05. The van der Waals surface area contributed by atoms with Crippen molar-refractivity contribution in [3.63, 3.8) is 0 Å². The van der Waals surface area contributed by atoms with Crippen molar-refractivity contribution < 1.29 is 13.9 Å². The molecule has 162 valence electrons. The quantitative estimate of drug-likeness (QED) is 0.306. The van der Waals surface area contributed by atoms with Crippen LogP contribution >= 0.6 is 22.6 Å². The van der Waals surface area contributed by atoms with E-state index in [1.165, 1.54) is 17.9 Å². The number of nitrogens with zero attached hydrogens (tertiary/aromatic N) is 4. The van der Waals surface area contributed by atoms with E-state index in [-0.39, 0.29) is 17.6 Å². The summed E-state index contributed by atoms with van der Waals surface area (Å²) in [5.74, 6) is -0.156. The van der Waals surface area contributed by atoms with E-state index in [4.69, 9.17) is 9.72 Å². The Morgan fingerprint density at radius 1 is 1.23 bits per heavy atom. The van der Waals surface area contributed by atoms with Crippen LogP contribution < -0.4 is 4.74 Å². The van der Waals surface area contributed by atoms with Crippen LogP contribution in [-0.2, 0) is 0 Å². The number of carbonyl (C=O) groups excluding carboxylic acids is 1. The van der Waals surface area contributed by atoms with E-state index in [1.807, 2.05) is 26.8 Å². The average molecular weight is 534 g/mol. The minimum Gasteiger partial charge on any atom is -0.494 e. The lowest BCUT2D eigenvalue weighted by Crippen LogP contribution is -2.27. The maximum Gasteiger partial charge on any atom is 0.254 e. The van der Waals surface area contributed by atoms with E-state index in [2.05, 4.69) is 46.1 Å². The Labute approximate surface area is 193 Å². The van der Waals surface area contributed by atoms with Crippen LogP contribution in [0.5, 0.6) is 5.75 Å². The molecular formula is C23H24FIN4O2. The second-order valence-electron chi connectivity index (χ2n) is 8.89. The minimum atomic E-state index is -0.581. The number of fused-ring (bicyclic) bond motifs is 2. The van der Waals surface area contributed by atoms with Crippen LogP contribution in [0.1, 0.15) is 51.0 Å². The topological polar surface area (TPSA) is 61.9 Å². The Morgan fingerprint density at radius 2 is 1.94 bits per heavy atom. The number of aromatic nitrogens is 4. The summed E-state index contributed by atoms with van der Waals surface area (Å²) in [6.07, 6.45) is 1.66. The van der Waals surface area contributed by atoms with Gasteiger partial charge in [-0.2, -0.15) is 9.78 Å². The molecule has 0 aliphatic rings. The summed E-state index contributed by atoms with van der Waals surface area (Å²) in [5.41, 5.74) is 3.46. The van der Waals surface area contributed by atoms with Gasteiger partial charge in [0.1, 0.15) is 5.52 Å². The second-order valence-corrected chi connectivity index (χ2v) is 9.97. The van der Waals surface area contributed by atoms with E-state index in [0.29, 0.717) is 5.65 Å². The Kier molecular flexibility index (Phi) is 5.31. The van der Waals surface area contributed by atoms with E-state index in [1.54, 1.807) is 18.3 Å². The number of halogens is 2. The van der Waals surface area contributed by atoms with Crippen LogP contribution in [0.4, 0.5) is 4.39 Å². The molecule has 8 heteroatoms. The van der Waals surface area contributed by atoms with Gasteiger partial charge < -0.3 is 9.30 Å². The first-order valence-corrected chi connectivity index (χ1v) is 11.1. The molecule has 4 rings (SSSR count). The first-order valence-electron chi connectivity index (χ1n) is 10.0. The molecule has 0 saturated carbocycles. The number of hydrogen-bond donors (Lipinski definition) is 0. The number of carbonyl (C=O) groups is 1. The molecule has 0 radical (unpaired) electrons. The van der Waals surface area contributed by atoms with Crippen LogP contribution in [0.15, 0.2) is 30.5 Å². The van der Waals surface area contributed by atoms with Crippen molar-refractivity contribution in [2.75, 3.05) is 7.11 Å². The fourth-order valence-corrected chi connectivity index (χ4v) is 4.93. The molecule has 4 aromatic rings. The van der Waals surface area contributed by atoms with Gasteiger partial charge in [-0.05, 0) is 46.7 Å². The highest BCUT2D eigenvalue weighted by molar-refractivity contribution is 14.1. The summed E-state index contributed by atoms with van der Waals surface area (Å²) in [6, 6.07) is 6.81. The molecule has 0 N–H and O–H groups in total. The maximum atomic E-state index is 14.1. The molecule has 3 heterocycles. The van der Waals surface area contributed by atoms with Gasteiger partial charge in [0.25, 0.3) is 5.91 Å². The van der Waals surface area contributed by atoms with Gasteiger partial charge in [-0.3, -0.25) is 4.79 Å². The number of benzene rings is 1. The van der Waals surface area contributed by atoms with Crippen LogP contribution in [-0.4, -0.2) is 32.3 Å². The van der Waals surface area contributed by atoms with Gasteiger partial charge in [0, 0.05) is 28.2 Å². The maximum absolute atomic E-state index is 14.1. The summed E-state index contributed by atoms with van der Waals surface area (Å²) in [7, 11) is 1.45. The number of hydrogen-bond acceptors (Lipinski definition) is 4. The van der Waals surface area contributed by atoms with E-state index in [0.717, 1.165) is 31.4 Å². The van der Waals surface area contributed by atoms with Crippen molar-refractivity contribution in [2.24, 2.45) is 5.41 Å². The Hall–Kier alpha value is -2.49. The number of pyridine rings is 1. The van der Waals surface area contributed by atoms with Crippen LogP contribution in [0.25, 0.3) is 27.8 Å². The van der Waals surface area contributed by atoms with Crippen molar-refractivity contribution >= 4 is 50.6 Å². The Morgan fingerprint density at radius 3 is 2.55 bits per heavy atom. The van der Waals surface area contributed by atoms with Crippen molar-refractivity contribution in [1.29, 1.82) is 0 Å². The molecule has 0 amide bonds. The SMILES string of the molecule is COc1cc(-n2c(C(C)C)c(I)c3nc4c(cnn4C(=O)C(C)(C)C)cc32)ccc1F. The molecule has 0 fully saturated rings. The zero-order valence-corrected chi connectivity index (χ0v) is 20.5. The standard InChI is InChI=1S/C23H24FIN4O2/c1-12(2)20-18(25)19-16(28(20)14-7-8-15(24)17(10-14)31-6)9-13-11-26-29(21(13)27-19)22(30)23(3,4)5/h7-12H,1-6H3. The highest BCUT2D eigenvalue weighted by Gasteiger charge is 2.27. The van der Waals surface area contributed by atoms with Gasteiger partial charge in [-0.1, -0.05) is 34.6 Å². The third-order valence-corrected chi connectivity index (χ3v) is 6.28. The third kappa shape index (κ3) is 3.50. The van der Waals surface area contributed by atoms with Gasteiger partial charge in [-0.25, -0.2) is 9.37 Å². The second kappa shape index (κ2) is 7.58. The van der Waals surface area contributed by atoms with Gasteiger partial charge >= 0.3 is 0 Å². The highest BCUT2D eigenvalue weighted by atomic mass is 127. The minimum absolute atomic E-state index is 0.115. The summed E-state index contributed by atoms with van der Waals surface area (Å²) in [6.45, 7) is 9.80. The van der Waals surface area contributed by atoms with E-state index >= 15 is 0 Å². The van der Waals surface area contributed by atoms with Crippen LogP contribution in [0.3, 0.4) is 0 Å². The smallest absolute Gasteiger partial charge is 0.254 e. The summed E-state index contributed by atoms with van der Waals surface area (Å²) < 4.78 is 23.7. The third-order valence-electron chi connectivity index (χ3n) is 5.21. The highest BCUT2D eigenvalue weighted by Crippen LogP contribution is 2.36. The number of ether oxygens (including phenoxy) is 1. The lowest BCUT2D eigenvalue weighted by molar-refractivity contribution is 0.0754.